The van der Waals surface area contributed by atoms with Crippen LogP contribution in [0.1, 0.15) is 23.0 Å². The number of esters is 1. The Morgan fingerprint density at radius 3 is 2.87 bits per heavy atom. The lowest BCUT2D eigenvalue weighted by molar-refractivity contribution is 0.0567. The molecule has 0 spiro atoms. The Labute approximate surface area is 87.6 Å². The fraction of sp³-hybridized carbons (Fsp3) is 0.250. The molecule has 0 aliphatic carbocycles. The molecule has 0 aliphatic rings. The van der Waals surface area contributed by atoms with Crippen molar-refractivity contribution in [2.75, 3.05) is 7.11 Å². The number of fused-ring (bicyclic) bond motifs is 1. The van der Waals surface area contributed by atoms with Crippen LogP contribution >= 0.6 is 0 Å². The second kappa shape index (κ2) is 3.77. The molecular formula is C12H12O3. The van der Waals surface area contributed by atoms with Gasteiger partial charge in [0.05, 0.1) is 7.11 Å². The summed E-state index contributed by atoms with van der Waals surface area (Å²) in [7, 11) is 1.34. The second-order valence-electron chi connectivity index (χ2n) is 3.33. The van der Waals surface area contributed by atoms with Crippen molar-refractivity contribution in [2.24, 2.45) is 0 Å². The van der Waals surface area contributed by atoms with Crippen molar-refractivity contribution in [3.63, 3.8) is 0 Å². The lowest BCUT2D eigenvalue weighted by Gasteiger charge is -1.93. The van der Waals surface area contributed by atoms with Gasteiger partial charge >= 0.3 is 5.97 Å². The van der Waals surface area contributed by atoms with E-state index >= 15 is 0 Å². The van der Waals surface area contributed by atoms with E-state index in [4.69, 9.17) is 4.42 Å². The SMILES string of the molecule is CCc1ccc2oc(C(=O)OC)cc2c1. The topological polar surface area (TPSA) is 39.4 Å². The lowest BCUT2D eigenvalue weighted by atomic mass is 10.1. The molecule has 0 bridgehead atoms. The molecule has 2 rings (SSSR count). The van der Waals surface area contributed by atoms with Gasteiger partial charge in [0, 0.05) is 5.39 Å². The molecule has 0 atom stereocenters. The Morgan fingerprint density at radius 2 is 2.20 bits per heavy atom. The minimum Gasteiger partial charge on any atom is -0.463 e. The molecule has 1 heterocycles. The summed E-state index contributed by atoms with van der Waals surface area (Å²) < 4.78 is 9.94. The summed E-state index contributed by atoms with van der Waals surface area (Å²) in [6.45, 7) is 2.09. The van der Waals surface area contributed by atoms with Crippen LogP contribution in [0, 0.1) is 0 Å². The van der Waals surface area contributed by atoms with E-state index in [0.29, 0.717) is 5.58 Å². The molecule has 78 valence electrons. The van der Waals surface area contributed by atoms with E-state index < -0.39 is 5.97 Å². The van der Waals surface area contributed by atoms with Crippen LogP contribution in [0.25, 0.3) is 11.0 Å². The summed E-state index contributed by atoms with van der Waals surface area (Å²) in [5.41, 5.74) is 1.94. The Morgan fingerprint density at radius 1 is 1.40 bits per heavy atom. The third-order valence-electron chi connectivity index (χ3n) is 2.38. The first-order valence-electron chi connectivity index (χ1n) is 4.85. The zero-order valence-corrected chi connectivity index (χ0v) is 8.74. The number of hydrogen-bond acceptors (Lipinski definition) is 3. The fourth-order valence-electron chi connectivity index (χ4n) is 1.51. The number of furan rings is 1. The molecule has 0 saturated heterocycles. The van der Waals surface area contributed by atoms with Crippen molar-refractivity contribution >= 4 is 16.9 Å². The van der Waals surface area contributed by atoms with Crippen molar-refractivity contribution in [3.8, 4) is 0 Å². The summed E-state index contributed by atoms with van der Waals surface area (Å²) in [6, 6.07) is 7.60. The number of ether oxygens (including phenoxy) is 1. The standard InChI is InChI=1S/C12H12O3/c1-3-8-4-5-10-9(6-8)7-11(15-10)12(13)14-2/h4-7H,3H2,1-2H3. The van der Waals surface area contributed by atoms with Gasteiger partial charge in [-0.25, -0.2) is 4.79 Å². The number of methoxy groups -OCH3 is 1. The third-order valence-corrected chi connectivity index (χ3v) is 2.38. The molecule has 3 nitrogen and oxygen atoms in total. The molecular weight excluding hydrogens is 192 g/mol. The van der Waals surface area contributed by atoms with E-state index in [1.807, 2.05) is 18.2 Å². The molecule has 2 aromatic rings. The maximum absolute atomic E-state index is 11.2. The molecule has 0 unspecified atom stereocenters. The first-order valence-corrected chi connectivity index (χ1v) is 4.85. The number of rotatable bonds is 2. The van der Waals surface area contributed by atoms with E-state index in [0.717, 1.165) is 11.8 Å². The van der Waals surface area contributed by atoms with E-state index in [2.05, 4.69) is 11.7 Å². The van der Waals surface area contributed by atoms with E-state index in [-0.39, 0.29) is 5.76 Å². The summed E-state index contributed by atoms with van der Waals surface area (Å²) in [4.78, 5) is 11.2. The summed E-state index contributed by atoms with van der Waals surface area (Å²) >= 11 is 0. The number of aryl methyl sites for hydroxylation is 1. The average Bonchev–Trinajstić information content (AvgIpc) is 2.70. The Bertz CT molecular complexity index is 497. The molecule has 0 aliphatic heterocycles. The number of hydrogen-bond donors (Lipinski definition) is 0. The highest BCUT2D eigenvalue weighted by Gasteiger charge is 2.11. The van der Waals surface area contributed by atoms with Crippen molar-refractivity contribution < 1.29 is 13.9 Å². The molecule has 1 aromatic heterocycles. The van der Waals surface area contributed by atoms with E-state index in [1.54, 1.807) is 6.07 Å². The molecule has 0 saturated carbocycles. The van der Waals surface area contributed by atoms with Gasteiger partial charge in [-0.3, -0.25) is 0 Å². The van der Waals surface area contributed by atoms with Gasteiger partial charge in [0.2, 0.25) is 5.76 Å². The van der Waals surface area contributed by atoms with Gasteiger partial charge in [-0.2, -0.15) is 0 Å². The van der Waals surface area contributed by atoms with Crippen molar-refractivity contribution in [1.29, 1.82) is 0 Å². The minimum atomic E-state index is -0.441. The molecule has 1 aromatic carbocycles. The van der Waals surface area contributed by atoms with Gasteiger partial charge in [0.25, 0.3) is 0 Å². The van der Waals surface area contributed by atoms with Crippen LogP contribution in [0.15, 0.2) is 28.7 Å². The lowest BCUT2D eigenvalue weighted by Crippen LogP contribution is -1.97. The Hall–Kier alpha value is -1.77. The highest BCUT2D eigenvalue weighted by atomic mass is 16.5. The van der Waals surface area contributed by atoms with E-state index in [9.17, 15) is 4.79 Å². The second-order valence-corrected chi connectivity index (χ2v) is 3.33. The predicted molar refractivity (Wildman–Crippen MR) is 56.9 cm³/mol. The van der Waals surface area contributed by atoms with Crippen LogP contribution in [0.4, 0.5) is 0 Å². The van der Waals surface area contributed by atoms with Crippen LogP contribution in [0.3, 0.4) is 0 Å². The average molecular weight is 204 g/mol. The van der Waals surface area contributed by atoms with Gasteiger partial charge in [-0.15, -0.1) is 0 Å². The Balaban J connectivity index is 2.51. The van der Waals surface area contributed by atoms with Crippen molar-refractivity contribution in [1.82, 2.24) is 0 Å². The van der Waals surface area contributed by atoms with Crippen LogP contribution in [0.5, 0.6) is 0 Å². The predicted octanol–water partition coefficient (Wildman–Crippen LogP) is 2.78. The van der Waals surface area contributed by atoms with Crippen LogP contribution in [0.2, 0.25) is 0 Å². The smallest absolute Gasteiger partial charge is 0.373 e. The van der Waals surface area contributed by atoms with Crippen molar-refractivity contribution in [2.45, 2.75) is 13.3 Å². The normalized spacial score (nSPS) is 10.5. The largest absolute Gasteiger partial charge is 0.463 e. The quantitative estimate of drug-likeness (QED) is 0.706. The van der Waals surface area contributed by atoms with Crippen LogP contribution in [-0.2, 0) is 11.2 Å². The monoisotopic (exact) mass is 204 g/mol. The maximum Gasteiger partial charge on any atom is 0.373 e. The fourth-order valence-corrected chi connectivity index (χ4v) is 1.51. The van der Waals surface area contributed by atoms with Crippen LogP contribution < -0.4 is 0 Å². The molecule has 15 heavy (non-hydrogen) atoms. The summed E-state index contributed by atoms with van der Waals surface area (Å²) in [5.74, 6) is -0.190. The van der Waals surface area contributed by atoms with Gasteiger partial charge in [0.15, 0.2) is 0 Å². The number of benzene rings is 1. The molecule has 0 N–H and O–H groups in total. The highest BCUT2D eigenvalue weighted by molar-refractivity contribution is 5.92. The van der Waals surface area contributed by atoms with E-state index in [1.165, 1.54) is 12.7 Å². The van der Waals surface area contributed by atoms with Crippen LogP contribution in [-0.4, -0.2) is 13.1 Å². The van der Waals surface area contributed by atoms with Crippen molar-refractivity contribution in [3.05, 3.63) is 35.6 Å². The minimum absolute atomic E-state index is 0.251. The van der Waals surface area contributed by atoms with Gasteiger partial charge in [-0.05, 0) is 30.2 Å². The first-order chi connectivity index (χ1) is 7.24. The molecule has 0 radical (unpaired) electrons. The number of carbonyl (C=O) groups excluding carboxylic acids is 1. The summed E-state index contributed by atoms with van der Waals surface area (Å²) in [5, 5.41) is 0.940. The zero-order chi connectivity index (χ0) is 10.8. The van der Waals surface area contributed by atoms with Gasteiger partial charge < -0.3 is 9.15 Å². The Kier molecular flexibility index (Phi) is 2.46. The maximum atomic E-state index is 11.2. The summed E-state index contributed by atoms with van der Waals surface area (Å²) in [6.07, 6.45) is 0.967. The zero-order valence-electron chi connectivity index (χ0n) is 8.74. The highest BCUT2D eigenvalue weighted by Crippen LogP contribution is 2.21. The molecule has 0 amide bonds. The van der Waals surface area contributed by atoms with Gasteiger partial charge in [-0.1, -0.05) is 13.0 Å². The third kappa shape index (κ3) is 1.73. The molecule has 0 fully saturated rings. The number of carbonyl (C=O) groups is 1. The molecule has 3 heteroatoms. The van der Waals surface area contributed by atoms with Gasteiger partial charge in [0.1, 0.15) is 5.58 Å². The first kappa shape index (κ1) is 9.77.